The fourth-order valence-electron chi connectivity index (χ4n) is 3.11. The molecule has 1 aliphatic rings. The number of aliphatic carboxylic acids is 1. The number of rotatable bonds is 6. The van der Waals surface area contributed by atoms with Crippen LogP contribution in [0.25, 0.3) is 0 Å². The molecule has 26 heavy (non-hydrogen) atoms. The van der Waals surface area contributed by atoms with E-state index in [0.29, 0.717) is 38.8 Å². The maximum atomic E-state index is 12.3. The maximum Gasteiger partial charge on any atom is 0.323 e. The fraction of sp³-hybridized carbons (Fsp3) is 0.778. The van der Waals surface area contributed by atoms with E-state index >= 15 is 0 Å². The zero-order valence-electron chi connectivity index (χ0n) is 16.2. The molecule has 0 aromatic heterocycles. The minimum Gasteiger partial charge on any atom is -0.480 e. The minimum absolute atomic E-state index is 0.0366. The van der Waals surface area contributed by atoms with Crippen LogP contribution in [-0.2, 0) is 19.2 Å². The molecule has 0 spiro atoms. The minimum atomic E-state index is -1.04. The van der Waals surface area contributed by atoms with E-state index in [4.69, 9.17) is 5.11 Å². The average molecular weight is 369 g/mol. The fourth-order valence-corrected chi connectivity index (χ4v) is 3.11. The molecule has 3 amide bonds. The van der Waals surface area contributed by atoms with Crippen molar-refractivity contribution in [2.24, 2.45) is 5.41 Å². The van der Waals surface area contributed by atoms with E-state index in [9.17, 15) is 19.2 Å². The summed E-state index contributed by atoms with van der Waals surface area (Å²) in [6, 6.07) is -0.183. The van der Waals surface area contributed by atoms with E-state index in [1.165, 1.54) is 11.8 Å². The number of nitrogens with zero attached hydrogens (tertiary/aromatic N) is 2. The number of carbonyl (C=O) groups is 4. The van der Waals surface area contributed by atoms with Crippen LogP contribution >= 0.6 is 0 Å². The molecule has 1 heterocycles. The van der Waals surface area contributed by atoms with Crippen LogP contribution in [0.3, 0.4) is 0 Å². The Morgan fingerprint density at radius 2 is 1.81 bits per heavy atom. The first-order valence-corrected chi connectivity index (χ1v) is 9.03. The Labute approximate surface area is 154 Å². The number of nitrogens with one attached hydrogen (secondary N) is 1. The molecule has 1 atom stereocenters. The molecule has 1 saturated heterocycles. The van der Waals surface area contributed by atoms with E-state index < -0.39 is 5.97 Å². The van der Waals surface area contributed by atoms with Gasteiger partial charge in [-0.3, -0.25) is 19.2 Å². The van der Waals surface area contributed by atoms with Crippen LogP contribution in [0.2, 0.25) is 0 Å². The molecule has 0 aromatic carbocycles. The van der Waals surface area contributed by atoms with Gasteiger partial charge in [0.25, 0.3) is 0 Å². The predicted octanol–water partition coefficient (Wildman–Crippen LogP) is 0.853. The Bertz CT molecular complexity index is 541. The van der Waals surface area contributed by atoms with Crippen molar-refractivity contribution in [2.45, 2.75) is 59.4 Å². The molecule has 1 rings (SSSR count). The summed E-state index contributed by atoms with van der Waals surface area (Å²) in [5.74, 6) is -1.62. The van der Waals surface area contributed by atoms with Gasteiger partial charge in [-0.1, -0.05) is 20.8 Å². The molecule has 0 bridgehead atoms. The largest absolute Gasteiger partial charge is 0.480 e. The summed E-state index contributed by atoms with van der Waals surface area (Å²) < 4.78 is 0. The molecule has 2 N–H and O–H groups in total. The van der Waals surface area contributed by atoms with E-state index in [1.54, 1.807) is 4.90 Å². The van der Waals surface area contributed by atoms with Gasteiger partial charge in [0.05, 0.1) is 6.54 Å². The molecule has 1 fully saturated rings. The summed E-state index contributed by atoms with van der Waals surface area (Å²) in [6.45, 7) is 7.87. The number of hydrogen-bond acceptors (Lipinski definition) is 4. The molecule has 1 unspecified atom stereocenters. The van der Waals surface area contributed by atoms with Crippen LogP contribution in [0, 0.1) is 5.41 Å². The molecule has 148 valence electrons. The summed E-state index contributed by atoms with van der Waals surface area (Å²) in [5.41, 5.74) is -0.136. The first-order valence-electron chi connectivity index (χ1n) is 9.03. The van der Waals surface area contributed by atoms with Gasteiger partial charge >= 0.3 is 5.97 Å². The number of carbonyl (C=O) groups excluding carboxylic acids is 3. The summed E-state index contributed by atoms with van der Waals surface area (Å²) >= 11 is 0. The summed E-state index contributed by atoms with van der Waals surface area (Å²) in [4.78, 5) is 49.9. The van der Waals surface area contributed by atoms with Crippen molar-refractivity contribution in [1.82, 2.24) is 15.1 Å². The Morgan fingerprint density at radius 1 is 1.15 bits per heavy atom. The first-order chi connectivity index (χ1) is 12.0. The molecule has 1 aliphatic heterocycles. The molecule has 0 saturated carbocycles. The standard InChI is InChI=1S/C18H31N3O5/c1-13(22)21(12-17(25)26)14-6-5-8-20(9-7-14)16(24)11-19-15(23)10-18(2,3)4/h14H,5-12H2,1-4H3,(H,19,23)(H,25,26). The highest BCUT2D eigenvalue weighted by Crippen LogP contribution is 2.18. The van der Waals surface area contributed by atoms with Gasteiger partial charge in [0.1, 0.15) is 6.54 Å². The van der Waals surface area contributed by atoms with E-state index in [1.807, 2.05) is 20.8 Å². The first kappa shape index (κ1) is 21.9. The van der Waals surface area contributed by atoms with Crippen molar-refractivity contribution in [3.63, 3.8) is 0 Å². The van der Waals surface area contributed by atoms with Crippen LogP contribution in [0.5, 0.6) is 0 Å². The highest BCUT2D eigenvalue weighted by Gasteiger charge is 2.27. The predicted molar refractivity (Wildman–Crippen MR) is 96.3 cm³/mol. The van der Waals surface area contributed by atoms with Gasteiger partial charge in [-0.15, -0.1) is 0 Å². The Balaban J connectivity index is 2.54. The number of hydrogen-bond donors (Lipinski definition) is 2. The third kappa shape index (κ3) is 7.84. The molecule has 8 nitrogen and oxygen atoms in total. The van der Waals surface area contributed by atoms with Gasteiger partial charge in [-0.2, -0.15) is 0 Å². The Kier molecular flexibility index (Phi) is 8.05. The van der Waals surface area contributed by atoms with Crippen LogP contribution < -0.4 is 5.32 Å². The van der Waals surface area contributed by atoms with Crippen molar-refractivity contribution in [3.8, 4) is 0 Å². The zero-order valence-corrected chi connectivity index (χ0v) is 16.2. The number of carboxylic acid groups (broad SMARTS) is 1. The lowest BCUT2D eigenvalue weighted by Crippen LogP contribution is -2.44. The molecule has 0 aliphatic carbocycles. The van der Waals surface area contributed by atoms with Gasteiger partial charge in [-0.05, 0) is 24.7 Å². The quantitative estimate of drug-likeness (QED) is 0.722. The lowest BCUT2D eigenvalue weighted by molar-refractivity contribution is -0.145. The van der Waals surface area contributed by atoms with Crippen LogP contribution in [0.15, 0.2) is 0 Å². The SMILES string of the molecule is CC(=O)N(CC(=O)O)C1CCCN(C(=O)CNC(=O)CC(C)(C)C)CC1. The topological polar surface area (TPSA) is 107 Å². The third-order valence-electron chi connectivity index (χ3n) is 4.33. The summed E-state index contributed by atoms with van der Waals surface area (Å²) in [5, 5.41) is 11.6. The Morgan fingerprint density at radius 3 is 2.35 bits per heavy atom. The normalized spacial score (nSPS) is 18.0. The molecule has 8 heteroatoms. The zero-order chi connectivity index (χ0) is 19.9. The molecule has 0 radical (unpaired) electrons. The number of amides is 3. The van der Waals surface area contributed by atoms with Crippen molar-refractivity contribution < 1.29 is 24.3 Å². The van der Waals surface area contributed by atoms with Crippen LogP contribution in [0.1, 0.15) is 53.4 Å². The van der Waals surface area contributed by atoms with Crippen molar-refractivity contribution >= 4 is 23.7 Å². The number of carboxylic acids is 1. The highest BCUT2D eigenvalue weighted by molar-refractivity contribution is 5.85. The second-order valence-electron chi connectivity index (χ2n) is 8.02. The van der Waals surface area contributed by atoms with Crippen molar-refractivity contribution in [1.29, 1.82) is 0 Å². The molecular formula is C18H31N3O5. The van der Waals surface area contributed by atoms with Gasteiger partial charge in [-0.25, -0.2) is 0 Å². The van der Waals surface area contributed by atoms with Gasteiger partial charge in [0.2, 0.25) is 17.7 Å². The van der Waals surface area contributed by atoms with Gasteiger partial charge in [0, 0.05) is 32.5 Å². The summed E-state index contributed by atoms with van der Waals surface area (Å²) in [7, 11) is 0. The maximum absolute atomic E-state index is 12.3. The average Bonchev–Trinajstić information content (AvgIpc) is 2.74. The lowest BCUT2D eigenvalue weighted by Gasteiger charge is -2.29. The monoisotopic (exact) mass is 369 g/mol. The molecular weight excluding hydrogens is 338 g/mol. The third-order valence-corrected chi connectivity index (χ3v) is 4.33. The van der Waals surface area contributed by atoms with E-state index in [2.05, 4.69) is 5.32 Å². The second-order valence-corrected chi connectivity index (χ2v) is 8.02. The Hall–Kier alpha value is -2.12. The smallest absolute Gasteiger partial charge is 0.323 e. The van der Waals surface area contributed by atoms with Crippen molar-refractivity contribution in [3.05, 3.63) is 0 Å². The lowest BCUT2D eigenvalue weighted by atomic mass is 9.92. The van der Waals surface area contributed by atoms with Gasteiger partial charge < -0.3 is 20.2 Å². The van der Waals surface area contributed by atoms with Crippen molar-refractivity contribution in [2.75, 3.05) is 26.2 Å². The van der Waals surface area contributed by atoms with E-state index in [-0.39, 0.29) is 42.3 Å². The number of likely N-dealkylation sites (tertiary alicyclic amines) is 1. The van der Waals surface area contributed by atoms with Crippen LogP contribution in [-0.4, -0.2) is 70.8 Å². The van der Waals surface area contributed by atoms with Crippen LogP contribution in [0.4, 0.5) is 0 Å². The second kappa shape index (κ2) is 9.54. The van der Waals surface area contributed by atoms with Gasteiger partial charge in [0.15, 0.2) is 0 Å². The molecule has 0 aromatic rings. The summed E-state index contributed by atoms with van der Waals surface area (Å²) in [6.07, 6.45) is 2.24. The van der Waals surface area contributed by atoms with E-state index in [0.717, 1.165) is 0 Å². The highest BCUT2D eigenvalue weighted by atomic mass is 16.4.